The first-order chi connectivity index (χ1) is 7.96. The molecule has 0 aliphatic rings. The third kappa shape index (κ3) is 6.91. The molecule has 0 aliphatic heterocycles. The summed E-state index contributed by atoms with van der Waals surface area (Å²) in [6.45, 7) is 6.14. The predicted octanol–water partition coefficient (Wildman–Crippen LogP) is 1.42. The Labute approximate surface area is 108 Å². The van der Waals surface area contributed by atoms with Crippen LogP contribution in [0.25, 0.3) is 0 Å². The number of rotatable bonds is 9. The molecular weight excluding hydrogens is 238 g/mol. The standard InChI is InChI=1S/C12H25NO3S/c1-10(2)13-12(3,11(15)16-4)6-9-17-8-5-7-14/h10,13-14H,5-9H2,1-4H3. The number of thioether (sulfide) groups is 1. The van der Waals surface area contributed by atoms with E-state index in [-0.39, 0.29) is 18.6 Å². The molecule has 0 aliphatic carbocycles. The van der Waals surface area contributed by atoms with Gasteiger partial charge in [-0.15, -0.1) is 0 Å². The minimum Gasteiger partial charge on any atom is -0.468 e. The number of hydrogen-bond donors (Lipinski definition) is 2. The van der Waals surface area contributed by atoms with Gasteiger partial charge in [0.1, 0.15) is 5.54 Å². The highest BCUT2D eigenvalue weighted by Crippen LogP contribution is 2.17. The zero-order chi connectivity index (χ0) is 13.3. The third-order valence-electron chi connectivity index (χ3n) is 2.44. The summed E-state index contributed by atoms with van der Waals surface area (Å²) in [6, 6.07) is 0.238. The third-order valence-corrected chi connectivity index (χ3v) is 3.51. The van der Waals surface area contributed by atoms with Crippen molar-refractivity contribution in [2.45, 2.75) is 45.2 Å². The van der Waals surface area contributed by atoms with Crippen molar-refractivity contribution in [3.05, 3.63) is 0 Å². The summed E-state index contributed by atoms with van der Waals surface area (Å²) in [5.74, 6) is 1.59. The molecule has 0 saturated heterocycles. The van der Waals surface area contributed by atoms with Gasteiger partial charge >= 0.3 is 5.97 Å². The molecule has 4 nitrogen and oxygen atoms in total. The number of hydrogen-bond acceptors (Lipinski definition) is 5. The van der Waals surface area contributed by atoms with E-state index >= 15 is 0 Å². The van der Waals surface area contributed by atoms with E-state index in [0.717, 1.165) is 24.3 Å². The van der Waals surface area contributed by atoms with E-state index in [0.29, 0.717) is 0 Å². The monoisotopic (exact) mass is 263 g/mol. The van der Waals surface area contributed by atoms with Gasteiger partial charge in [0, 0.05) is 12.6 Å². The Kier molecular flexibility index (Phi) is 8.64. The quantitative estimate of drug-likeness (QED) is 0.487. The van der Waals surface area contributed by atoms with Gasteiger partial charge < -0.3 is 9.84 Å². The SMILES string of the molecule is COC(=O)C(C)(CCSCCCO)NC(C)C. The van der Waals surface area contributed by atoms with Gasteiger partial charge in [-0.25, -0.2) is 0 Å². The number of aliphatic hydroxyl groups excluding tert-OH is 1. The smallest absolute Gasteiger partial charge is 0.325 e. The fraction of sp³-hybridized carbons (Fsp3) is 0.917. The fourth-order valence-electron chi connectivity index (χ4n) is 1.64. The van der Waals surface area contributed by atoms with Crippen molar-refractivity contribution in [1.29, 1.82) is 0 Å². The molecule has 0 aromatic rings. The summed E-state index contributed by atoms with van der Waals surface area (Å²) >= 11 is 1.75. The Hall–Kier alpha value is -0.260. The normalized spacial score (nSPS) is 14.7. The van der Waals surface area contributed by atoms with Crippen molar-refractivity contribution in [3.63, 3.8) is 0 Å². The van der Waals surface area contributed by atoms with Gasteiger partial charge in [0.05, 0.1) is 7.11 Å². The first kappa shape index (κ1) is 16.7. The average Bonchev–Trinajstić information content (AvgIpc) is 2.26. The van der Waals surface area contributed by atoms with Crippen LogP contribution in [0.3, 0.4) is 0 Å². The van der Waals surface area contributed by atoms with Crippen LogP contribution >= 0.6 is 11.8 Å². The topological polar surface area (TPSA) is 58.6 Å². The Morgan fingerprint density at radius 1 is 1.47 bits per heavy atom. The maximum Gasteiger partial charge on any atom is 0.325 e. The van der Waals surface area contributed by atoms with Crippen LogP contribution in [-0.2, 0) is 9.53 Å². The fourth-order valence-corrected chi connectivity index (χ4v) is 2.73. The lowest BCUT2D eigenvalue weighted by molar-refractivity contribution is -0.148. The zero-order valence-electron chi connectivity index (χ0n) is 11.3. The van der Waals surface area contributed by atoms with Crippen LogP contribution in [0.5, 0.6) is 0 Å². The Bertz CT molecular complexity index is 224. The van der Waals surface area contributed by atoms with Gasteiger partial charge in [-0.2, -0.15) is 11.8 Å². The van der Waals surface area contributed by atoms with Gasteiger partial charge in [-0.05, 0) is 45.1 Å². The van der Waals surface area contributed by atoms with Gasteiger partial charge in [-0.3, -0.25) is 10.1 Å². The highest BCUT2D eigenvalue weighted by atomic mass is 32.2. The Balaban J connectivity index is 4.15. The van der Waals surface area contributed by atoms with Crippen molar-refractivity contribution in [2.24, 2.45) is 0 Å². The van der Waals surface area contributed by atoms with Crippen molar-refractivity contribution < 1.29 is 14.6 Å². The first-order valence-corrected chi connectivity index (χ1v) is 7.16. The summed E-state index contributed by atoms with van der Waals surface area (Å²) in [5, 5.41) is 11.9. The highest BCUT2D eigenvalue weighted by Gasteiger charge is 2.34. The van der Waals surface area contributed by atoms with Crippen molar-refractivity contribution in [2.75, 3.05) is 25.2 Å². The van der Waals surface area contributed by atoms with Crippen LogP contribution < -0.4 is 5.32 Å². The lowest BCUT2D eigenvalue weighted by Crippen LogP contribution is -2.53. The second-order valence-electron chi connectivity index (χ2n) is 4.56. The second-order valence-corrected chi connectivity index (χ2v) is 5.79. The van der Waals surface area contributed by atoms with Crippen molar-refractivity contribution in [3.8, 4) is 0 Å². The number of carbonyl (C=O) groups excluding carboxylic acids is 1. The number of esters is 1. The van der Waals surface area contributed by atoms with Crippen LogP contribution in [0.1, 0.15) is 33.6 Å². The molecular formula is C12H25NO3S. The van der Waals surface area contributed by atoms with E-state index in [1.54, 1.807) is 11.8 Å². The molecule has 0 heterocycles. The molecule has 0 bridgehead atoms. The molecule has 0 aromatic heterocycles. The summed E-state index contributed by atoms with van der Waals surface area (Å²) in [7, 11) is 1.42. The lowest BCUT2D eigenvalue weighted by Gasteiger charge is -2.30. The van der Waals surface area contributed by atoms with Crippen LogP contribution in [-0.4, -0.2) is 47.9 Å². The van der Waals surface area contributed by atoms with Gasteiger partial charge in [-0.1, -0.05) is 0 Å². The van der Waals surface area contributed by atoms with E-state index in [2.05, 4.69) is 5.32 Å². The van der Waals surface area contributed by atoms with E-state index in [9.17, 15) is 4.79 Å². The largest absolute Gasteiger partial charge is 0.468 e. The molecule has 0 amide bonds. The molecule has 1 atom stereocenters. The first-order valence-electron chi connectivity index (χ1n) is 6.01. The molecule has 2 N–H and O–H groups in total. The van der Waals surface area contributed by atoms with E-state index in [4.69, 9.17) is 9.84 Å². The zero-order valence-corrected chi connectivity index (χ0v) is 12.1. The second kappa shape index (κ2) is 8.78. The summed E-state index contributed by atoms with van der Waals surface area (Å²) < 4.78 is 4.84. The molecule has 1 unspecified atom stereocenters. The molecule has 0 aromatic carbocycles. The number of carbonyl (C=O) groups is 1. The van der Waals surface area contributed by atoms with Gasteiger partial charge in [0.25, 0.3) is 0 Å². The van der Waals surface area contributed by atoms with Crippen molar-refractivity contribution >= 4 is 17.7 Å². The highest BCUT2D eigenvalue weighted by molar-refractivity contribution is 7.99. The molecule has 0 rings (SSSR count). The number of nitrogens with one attached hydrogen (secondary N) is 1. The van der Waals surface area contributed by atoms with Crippen LogP contribution in [0.2, 0.25) is 0 Å². The maximum atomic E-state index is 11.8. The number of ether oxygens (including phenoxy) is 1. The maximum absolute atomic E-state index is 11.8. The van der Waals surface area contributed by atoms with Crippen molar-refractivity contribution in [1.82, 2.24) is 5.32 Å². The number of aliphatic hydroxyl groups is 1. The minimum atomic E-state index is -0.616. The molecule has 5 heteroatoms. The number of methoxy groups -OCH3 is 1. The minimum absolute atomic E-state index is 0.214. The van der Waals surface area contributed by atoms with Crippen LogP contribution in [0.15, 0.2) is 0 Å². The molecule has 0 spiro atoms. The molecule has 0 fully saturated rings. The average molecular weight is 263 g/mol. The summed E-state index contributed by atoms with van der Waals surface area (Å²) in [4.78, 5) is 11.8. The van der Waals surface area contributed by atoms with E-state index in [1.807, 2.05) is 20.8 Å². The predicted molar refractivity (Wildman–Crippen MR) is 72.3 cm³/mol. The molecule has 17 heavy (non-hydrogen) atoms. The molecule has 102 valence electrons. The lowest BCUT2D eigenvalue weighted by atomic mass is 9.98. The van der Waals surface area contributed by atoms with Crippen LogP contribution in [0.4, 0.5) is 0 Å². The Morgan fingerprint density at radius 2 is 2.12 bits per heavy atom. The molecule has 0 radical (unpaired) electrons. The van der Waals surface area contributed by atoms with E-state index in [1.165, 1.54) is 7.11 Å². The summed E-state index contributed by atoms with van der Waals surface area (Å²) in [5.41, 5.74) is -0.616. The Morgan fingerprint density at radius 3 is 2.59 bits per heavy atom. The van der Waals surface area contributed by atoms with Gasteiger partial charge in [0.2, 0.25) is 0 Å². The molecule has 0 saturated carbocycles. The summed E-state index contributed by atoms with van der Waals surface area (Å²) in [6.07, 6.45) is 1.53. The van der Waals surface area contributed by atoms with E-state index < -0.39 is 5.54 Å². The van der Waals surface area contributed by atoms with Crippen LogP contribution in [0, 0.1) is 0 Å². The van der Waals surface area contributed by atoms with Gasteiger partial charge in [0.15, 0.2) is 0 Å².